The Labute approximate surface area is 154 Å². The third-order valence-electron chi connectivity index (χ3n) is 3.80. The monoisotopic (exact) mass is 362 g/mol. The highest BCUT2D eigenvalue weighted by Gasteiger charge is 2.23. The van der Waals surface area contributed by atoms with Crippen LogP contribution in [0.25, 0.3) is 11.1 Å². The lowest BCUT2D eigenvalue weighted by Gasteiger charge is -2.22. The summed E-state index contributed by atoms with van der Waals surface area (Å²) < 4.78 is 5.52. The molecule has 25 heavy (non-hydrogen) atoms. The lowest BCUT2D eigenvalue weighted by molar-refractivity contribution is -0.128. The number of benzene rings is 3. The molecule has 3 aromatic rings. The van der Waals surface area contributed by atoms with Crippen molar-refractivity contribution in [2.24, 2.45) is 0 Å². The van der Waals surface area contributed by atoms with E-state index >= 15 is 0 Å². The first kappa shape index (κ1) is 16.1. The maximum absolute atomic E-state index is 11.8. The minimum absolute atomic E-state index is 0.453. The molecular weight excluding hydrogens is 348 g/mol. The summed E-state index contributed by atoms with van der Waals surface area (Å²) in [4.78, 5) is 16.5. The number of hydrogen-bond acceptors (Lipinski definition) is 4. The predicted molar refractivity (Wildman–Crippen MR) is 102 cm³/mol. The van der Waals surface area contributed by atoms with E-state index in [1.165, 1.54) is 20.8 Å². The molecule has 0 spiro atoms. The van der Waals surface area contributed by atoms with Crippen molar-refractivity contribution < 1.29 is 9.53 Å². The zero-order chi connectivity index (χ0) is 17.2. The van der Waals surface area contributed by atoms with Gasteiger partial charge in [0.1, 0.15) is 5.75 Å². The molecule has 0 bridgehead atoms. The van der Waals surface area contributed by atoms with Gasteiger partial charge in [0, 0.05) is 31.2 Å². The number of carbonyl (C=O) groups excluding carboxylic acids is 1. The summed E-state index contributed by atoms with van der Waals surface area (Å²) >= 11 is 3.46. The van der Waals surface area contributed by atoms with Crippen molar-refractivity contribution in [2.75, 3.05) is 0 Å². The van der Waals surface area contributed by atoms with E-state index in [9.17, 15) is 4.79 Å². The van der Waals surface area contributed by atoms with E-state index in [2.05, 4.69) is 24.8 Å². The Balaban J connectivity index is 1.89. The molecule has 0 aromatic heterocycles. The highest BCUT2D eigenvalue weighted by atomic mass is 32.2. The second-order valence-electron chi connectivity index (χ2n) is 5.41. The van der Waals surface area contributed by atoms with Gasteiger partial charge in [-0.25, -0.2) is 4.79 Å². The number of hydrogen-bond donors (Lipinski definition) is 0. The Morgan fingerprint density at radius 1 is 0.840 bits per heavy atom. The first-order chi connectivity index (χ1) is 12.3. The van der Waals surface area contributed by atoms with Crippen molar-refractivity contribution in [3.05, 3.63) is 79.4 Å². The molecule has 2 nitrogen and oxygen atoms in total. The molecule has 1 heterocycles. The van der Waals surface area contributed by atoms with Crippen molar-refractivity contribution in [1.82, 2.24) is 0 Å². The van der Waals surface area contributed by atoms with Crippen LogP contribution in [0.5, 0.6) is 5.75 Å². The minimum atomic E-state index is -0.453. The molecule has 0 N–H and O–H groups in total. The van der Waals surface area contributed by atoms with E-state index in [0.717, 1.165) is 16.0 Å². The molecule has 0 saturated heterocycles. The number of rotatable bonds is 3. The van der Waals surface area contributed by atoms with Crippen LogP contribution in [0.15, 0.2) is 99.0 Å². The SMILES string of the molecule is C=CC(=O)Oc1ccc2c(c1-c1ccccc1)Sc1ccccc1S2. The van der Waals surface area contributed by atoms with E-state index in [-0.39, 0.29) is 0 Å². The van der Waals surface area contributed by atoms with Gasteiger partial charge in [0.15, 0.2) is 0 Å². The van der Waals surface area contributed by atoms with Gasteiger partial charge >= 0.3 is 5.97 Å². The van der Waals surface area contributed by atoms with Crippen molar-refractivity contribution in [1.29, 1.82) is 0 Å². The Morgan fingerprint density at radius 3 is 2.24 bits per heavy atom. The summed E-state index contributed by atoms with van der Waals surface area (Å²) in [6.45, 7) is 3.49. The average molecular weight is 362 g/mol. The van der Waals surface area contributed by atoms with Crippen molar-refractivity contribution in [2.45, 2.75) is 19.6 Å². The fourth-order valence-electron chi connectivity index (χ4n) is 2.69. The van der Waals surface area contributed by atoms with Gasteiger partial charge < -0.3 is 4.74 Å². The van der Waals surface area contributed by atoms with Crippen LogP contribution < -0.4 is 4.74 Å². The largest absolute Gasteiger partial charge is 0.423 e. The van der Waals surface area contributed by atoms with Gasteiger partial charge in [0.05, 0.1) is 0 Å². The number of fused-ring (bicyclic) bond motifs is 2. The van der Waals surface area contributed by atoms with Crippen LogP contribution in [0.2, 0.25) is 0 Å². The first-order valence-electron chi connectivity index (χ1n) is 7.77. The molecule has 0 atom stereocenters. The summed E-state index contributed by atoms with van der Waals surface area (Å²) in [5.41, 5.74) is 1.97. The third kappa shape index (κ3) is 3.11. The number of carbonyl (C=O) groups is 1. The van der Waals surface area contributed by atoms with Crippen molar-refractivity contribution >= 4 is 29.5 Å². The fourth-order valence-corrected chi connectivity index (χ4v) is 5.09. The van der Waals surface area contributed by atoms with E-state index < -0.39 is 5.97 Å². The van der Waals surface area contributed by atoms with Crippen LogP contribution in [0.4, 0.5) is 0 Å². The second-order valence-corrected chi connectivity index (χ2v) is 7.54. The van der Waals surface area contributed by atoms with Gasteiger partial charge in [-0.1, -0.05) is 72.6 Å². The Kier molecular flexibility index (Phi) is 4.38. The maximum Gasteiger partial charge on any atom is 0.335 e. The Hall–Kier alpha value is -2.43. The number of esters is 1. The molecule has 0 saturated carbocycles. The predicted octanol–water partition coefficient (Wildman–Crippen LogP) is 6.06. The maximum atomic E-state index is 11.8. The Bertz CT molecular complexity index is 965. The van der Waals surface area contributed by atoms with Crippen LogP contribution in [0.3, 0.4) is 0 Å². The molecular formula is C21H14O2S2. The van der Waals surface area contributed by atoms with Gasteiger partial charge in [-0.2, -0.15) is 0 Å². The summed E-state index contributed by atoms with van der Waals surface area (Å²) in [7, 11) is 0. The van der Waals surface area contributed by atoms with Crippen LogP contribution in [0.1, 0.15) is 0 Å². The van der Waals surface area contributed by atoms with Gasteiger partial charge in [-0.05, 0) is 29.8 Å². The first-order valence-corrected chi connectivity index (χ1v) is 9.41. The van der Waals surface area contributed by atoms with Gasteiger partial charge in [-0.15, -0.1) is 0 Å². The molecule has 122 valence electrons. The molecule has 4 rings (SSSR count). The van der Waals surface area contributed by atoms with E-state index in [1.807, 2.05) is 48.5 Å². The standard InChI is InChI=1S/C21H14O2S2/c1-2-19(22)23-15-12-13-18-21(20(15)14-8-4-3-5-9-14)25-17-11-7-6-10-16(17)24-18/h2-13H,1H2. The molecule has 3 aromatic carbocycles. The Morgan fingerprint density at radius 2 is 1.52 bits per heavy atom. The van der Waals surface area contributed by atoms with Gasteiger partial charge in [0.2, 0.25) is 0 Å². The molecule has 0 aliphatic carbocycles. The smallest absolute Gasteiger partial charge is 0.335 e. The second kappa shape index (κ2) is 6.82. The molecule has 4 heteroatoms. The lowest BCUT2D eigenvalue weighted by atomic mass is 10.0. The van der Waals surface area contributed by atoms with Crippen LogP contribution in [-0.2, 0) is 4.79 Å². The lowest BCUT2D eigenvalue weighted by Crippen LogP contribution is -2.05. The summed E-state index contributed by atoms with van der Waals surface area (Å²) in [5, 5.41) is 0. The molecule has 0 unspecified atom stereocenters. The molecule has 0 radical (unpaired) electrons. The topological polar surface area (TPSA) is 26.3 Å². The quantitative estimate of drug-likeness (QED) is 0.251. The fraction of sp³-hybridized carbons (Fsp3) is 0. The normalized spacial score (nSPS) is 12.0. The van der Waals surface area contributed by atoms with Crippen LogP contribution in [-0.4, -0.2) is 5.97 Å². The van der Waals surface area contributed by atoms with Crippen molar-refractivity contribution in [3.8, 4) is 16.9 Å². The summed E-state index contributed by atoms with van der Waals surface area (Å²) in [6.07, 6.45) is 1.19. The molecule has 0 fully saturated rings. The highest BCUT2D eigenvalue weighted by molar-refractivity contribution is 8.05. The molecule has 1 aliphatic rings. The van der Waals surface area contributed by atoms with Crippen LogP contribution >= 0.6 is 23.5 Å². The van der Waals surface area contributed by atoms with Gasteiger partial charge in [0.25, 0.3) is 0 Å². The zero-order valence-corrected chi connectivity index (χ0v) is 14.9. The summed E-state index contributed by atoms with van der Waals surface area (Å²) in [6, 6.07) is 22.2. The van der Waals surface area contributed by atoms with Crippen LogP contribution in [0, 0.1) is 0 Å². The van der Waals surface area contributed by atoms with E-state index in [0.29, 0.717) is 5.75 Å². The minimum Gasteiger partial charge on any atom is -0.423 e. The average Bonchev–Trinajstić information content (AvgIpc) is 2.67. The molecule has 1 aliphatic heterocycles. The van der Waals surface area contributed by atoms with Gasteiger partial charge in [-0.3, -0.25) is 0 Å². The third-order valence-corrected chi connectivity index (χ3v) is 6.40. The summed E-state index contributed by atoms with van der Waals surface area (Å²) in [5.74, 6) is 0.105. The highest BCUT2D eigenvalue weighted by Crippen LogP contribution is 2.53. The molecule has 0 amide bonds. The van der Waals surface area contributed by atoms with E-state index in [1.54, 1.807) is 23.5 Å². The van der Waals surface area contributed by atoms with E-state index in [4.69, 9.17) is 4.74 Å². The van der Waals surface area contributed by atoms with Crippen molar-refractivity contribution in [3.63, 3.8) is 0 Å². The zero-order valence-electron chi connectivity index (χ0n) is 13.3. The number of ether oxygens (including phenoxy) is 1.